The maximum atomic E-state index is 11.4. The molecule has 1 aliphatic carbocycles. The molecule has 1 aromatic rings. The first-order chi connectivity index (χ1) is 10.3. The summed E-state index contributed by atoms with van der Waals surface area (Å²) in [5.74, 6) is 0.349. The number of hydrogen-bond donors (Lipinski definition) is 1. The van der Waals surface area contributed by atoms with E-state index in [2.05, 4.69) is 0 Å². The summed E-state index contributed by atoms with van der Waals surface area (Å²) in [5.41, 5.74) is -0.118. The zero-order valence-corrected chi connectivity index (χ0v) is 14.1. The van der Waals surface area contributed by atoms with Crippen LogP contribution in [0, 0.1) is 5.41 Å². The van der Waals surface area contributed by atoms with Gasteiger partial charge in [-0.2, -0.15) is 0 Å². The second kappa shape index (κ2) is 6.78. The summed E-state index contributed by atoms with van der Waals surface area (Å²) >= 11 is 6.14. The van der Waals surface area contributed by atoms with Crippen LogP contribution in [0.2, 0.25) is 5.02 Å². The van der Waals surface area contributed by atoms with Crippen molar-refractivity contribution in [2.75, 3.05) is 7.11 Å². The summed E-state index contributed by atoms with van der Waals surface area (Å²) in [6, 6.07) is 3.49. The number of benzene rings is 1. The molecule has 1 aliphatic rings. The van der Waals surface area contributed by atoms with Crippen LogP contribution in [0.4, 0.5) is 0 Å². The van der Waals surface area contributed by atoms with Crippen LogP contribution in [-0.4, -0.2) is 24.3 Å². The molecular formula is C17H23ClO4. The highest BCUT2D eigenvalue weighted by atomic mass is 35.5. The number of carboxylic acids is 1. The Morgan fingerprint density at radius 2 is 2.00 bits per heavy atom. The molecule has 0 heterocycles. The molecule has 0 saturated heterocycles. The van der Waals surface area contributed by atoms with Gasteiger partial charge in [0, 0.05) is 16.7 Å². The molecule has 0 aliphatic heterocycles. The molecule has 1 aromatic carbocycles. The molecule has 0 bridgehead atoms. The van der Waals surface area contributed by atoms with Gasteiger partial charge in [-0.25, -0.2) is 0 Å². The predicted molar refractivity (Wildman–Crippen MR) is 86.0 cm³/mol. The van der Waals surface area contributed by atoms with Gasteiger partial charge in [0.2, 0.25) is 0 Å². The fraction of sp³-hybridized carbons (Fsp3) is 0.588. The van der Waals surface area contributed by atoms with Crippen LogP contribution in [-0.2, 0) is 11.2 Å². The Labute approximate surface area is 136 Å². The third-order valence-corrected chi connectivity index (χ3v) is 4.33. The molecule has 1 fully saturated rings. The van der Waals surface area contributed by atoms with Crippen LogP contribution in [0.15, 0.2) is 12.1 Å². The van der Waals surface area contributed by atoms with E-state index in [1.165, 1.54) is 0 Å². The lowest BCUT2D eigenvalue weighted by Crippen LogP contribution is -2.27. The minimum absolute atomic E-state index is 0.168. The van der Waals surface area contributed by atoms with E-state index < -0.39 is 11.4 Å². The number of hydrogen-bond acceptors (Lipinski definition) is 3. The van der Waals surface area contributed by atoms with Crippen LogP contribution in [0.25, 0.3) is 0 Å². The number of ether oxygens (including phenoxy) is 2. The highest BCUT2D eigenvalue weighted by Crippen LogP contribution is 2.40. The van der Waals surface area contributed by atoms with Crippen molar-refractivity contribution in [2.24, 2.45) is 5.41 Å². The Morgan fingerprint density at radius 3 is 2.55 bits per heavy atom. The minimum Gasteiger partial charge on any atom is -0.493 e. The predicted octanol–water partition coefficient (Wildman–Crippen LogP) is 4.32. The second-order valence-corrected chi connectivity index (χ2v) is 6.92. The van der Waals surface area contributed by atoms with Gasteiger partial charge in [0.15, 0.2) is 11.5 Å². The number of aliphatic carboxylic acids is 1. The van der Waals surface area contributed by atoms with E-state index in [0.717, 1.165) is 31.2 Å². The van der Waals surface area contributed by atoms with Gasteiger partial charge in [-0.05, 0) is 52.0 Å². The van der Waals surface area contributed by atoms with Gasteiger partial charge in [0.25, 0.3) is 0 Å². The Kier molecular flexibility index (Phi) is 5.22. The van der Waals surface area contributed by atoms with Gasteiger partial charge in [0.05, 0.1) is 18.6 Å². The summed E-state index contributed by atoms with van der Waals surface area (Å²) < 4.78 is 11.5. The molecule has 0 atom stereocenters. The maximum Gasteiger partial charge on any atom is 0.309 e. The molecule has 0 radical (unpaired) electrons. The average Bonchev–Trinajstić information content (AvgIpc) is 2.93. The highest BCUT2D eigenvalue weighted by molar-refractivity contribution is 6.30. The van der Waals surface area contributed by atoms with Crippen molar-refractivity contribution in [1.29, 1.82) is 0 Å². The fourth-order valence-corrected chi connectivity index (χ4v) is 2.99. The summed E-state index contributed by atoms with van der Waals surface area (Å²) in [4.78, 5) is 11.4. The molecular weight excluding hydrogens is 304 g/mol. The molecule has 0 unspecified atom stereocenters. The number of carboxylic acid groups (broad SMARTS) is 1. The second-order valence-electron chi connectivity index (χ2n) is 6.49. The first-order valence-electron chi connectivity index (χ1n) is 7.60. The molecule has 122 valence electrons. The quantitative estimate of drug-likeness (QED) is 0.845. The summed E-state index contributed by atoms with van der Waals surface area (Å²) in [6.07, 6.45) is 4.87. The van der Waals surface area contributed by atoms with Gasteiger partial charge >= 0.3 is 5.97 Å². The number of carbonyl (C=O) groups is 1. The third-order valence-electron chi connectivity index (χ3n) is 4.11. The number of rotatable bonds is 6. The maximum absolute atomic E-state index is 11.4. The van der Waals surface area contributed by atoms with Gasteiger partial charge in [0.1, 0.15) is 0 Å². The van der Waals surface area contributed by atoms with Gasteiger partial charge in [-0.15, -0.1) is 0 Å². The van der Waals surface area contributed by atoms with Crippen LogP contribution >= 0.6 is 11.6 Å². The van der Waals surface area contributed by atoms with Crippen molar-refractivity contribution in [2.45, 2.75) is 52.1 Å². The molecule has 4 nitrogen and oxygen atoms in total. The van der Waals surface area contributed by atoms with Gasteiger partial charge in [-0.3, -0.25) is 4.79 Å². The number of halogens is 1. The Morgan fingerprint density at radius 1 is 1.36 bits per heavy atom. The minimum atomic E-state index is -0.899. The summed E-state index contributed by atoms with van der Waals surface area (Å²) in [6.45, 7) is 3.39. The smallest absolute Gasteiger partial charge is 0.309 e. The van der Waals surface area contributed by atoms with Crippen LogP contribution < -0.4 is 9.47 Å². The molecule has 1 N–H and O–H groups in total. The van der Waals surface area contributed by atoms with E-state index in [1.54, 1.807) is 33.1 Å². The van der Waals surface area contributed by atoms with Crippen molar-refractivity contribution in [3.8, 4) is 11.5 Å². The highest BCUT2D eigenvalue weighted by Gasteiger charge is 2.30. The van der Waals surface area contributed by atoms with Crippen molar-refractivity contribution < 1.29 is 19.4 Å². The fourth-order valence-electron chi connectivity index (χ4n) is 2.76. The van der Waals surface area contributed by atoms with Crippen LogP contribution in [0.5, 0.6) is 11.5 Å². The Bertz CT molecular complexity index is 548. The summed E-state index contributed by atoms with van der Waals surface area (Å²) in [5, 5.41) is 9.89. The lowest BCUT2D eigenvalue weighted by atomic mass is 9.85. The van der Waals surface area contributed by atoms with Crippen LogP contribution in [0.3, 0.4) is 0 Å². The lowest BCUT2D eigenvalue weighted by molar-refractivity contribution is -0.146. The zero-order valence-electron chi connectivity index (χ0n) is 13.3. The van der Waals surface area contributed by atoms with Gasteiger partial charge < -0.3 is 14.6 Å². The van der Waals surface area contributed by atoms with E-state index in [0.29, 0.717) is 22.9 Å². The van der Waals surface area contributed by atoms with Crippen molar-refractivity contribution in [3.05, 3.63) is 22.7 Å². The Hall–Kier alpha value is -1.42. The van der Waals surface area contributed by atoms with E-state index in [1.807, 2.05) is 0 Å². The largest absolute Gasteiger partial charge is 0.493 e. The first kappa shape index (κ1) is 16.9. The third kappa shape index (κ3) is 3.86. The molecule has 0 spiro atoms. The van der Waals surface area contributed by atoms with Crippen molar-refractivity contribution >= 4 is 17.6 Å². The Balaban J connectivity index is 2.36. The summed E-state index contributed by atoms with van der Waals surface area (Å²) in [7, 11) is 1.57. The zero-order chi connectivity index (χ0) is 16.3. The SMILES string of the molecule is COc1cc(Cl)cc(CC(C)(C)C(=O)O)c1OC1CCCC1. The molecule has 0 aromatic heterocycles. The normalized spacial score (nSPS) is 15.8. The van der Waals surface area contributed by atoms with E-state index >= 15 is 0 Å². The average molecular weight is 327 g/mol. The van der Waals surface area contributed by atoms with E-state index in [4.69, 9.17) is 21.1 Å². The van der Waals surface area contributed by atoms with Crippen molar-refractivity contribution in [1.82, 2.24) is 0 Å². The molecule has 22 heavy (non-hydrogen) atoms. The van der Waals surface area contributed by atoms with E-state index in [-0.39, 0.29) is 6.10 Å². The van der Waals surface area contributed by atoms with Crippen LogP contribution in [0.1, 0.15) is 45.1 Å². The molecule has 0 amide bonds. The van der Waals surface area contributed by atoms with Gasteiger partial charge in [-0.1, -0.05) is 11.6 Å². The molecule has 5 heteroatoms. The van der Waals surface area contributed by atoms with Crippen molar-refractivity contribution in [3.63, 3.8) is 0 Å². The number of methoxy groups -OCH3 is 1. The topological polar surface area (TPSA) is 55.8 Å². The lowest BCUT2D eigenvalue weighted by Gasteiger charge is -2.24. The molecule has 2 rings (SSSR count). The standard InChI is InChI=1S/C17H23ClO4/c1-17(2,16(19)20)10-11-8-12(18)9-14(21-3)15(11)22-13-6-4-5-7-13/h8-9,13H,4-7,10H2,1-3H3,(H,19,20). The molecule has 1 saturated carbocycles. The van der Waals surface area contributed by atoms with E-state index in [9.17, 15) is 9.90 Å². The monoisotopic (exact) mass is 326 g/mol. The first-order valence-corrected chi connectivity index (χ1v) is 7.98.